The molecule has 0 aliphatic carbocycles. The maximum absolute atomic E-state index is 13.7. The third kappa shape index (κ3) is 5.28. The molecule has 41 heavy (non-hydrogen) atoms. The fraction of sp³-hybridized carbons (Fsp3) is 0.241. The molecule has 0 unspecified atom stereocenters. The lowest BCUT2D eigenvalue weighted by molar-refractivity contribution is -0.119. The smallest absolute Gasteiger partial charge is 0.254 e. The predicted molar refractivity (Wildman–Crippen MR) is 157 cm³/mol. The van der Waals surface area contributed by atoms with Crippen LogP contribution in [-0.2, 0) is 11.8 Å². The summed E-state index contributed by atoms with van der Waals surface area (Å²) in [5.74, 6) is -0.226. The lowest BCUT2D eigenvalue weighted by Crippen LogP contribution is -2.27. The van der Waals surface area contributed by atoms with Gasteiger partial charge in [-0.3, -0.25) is 19.1 Å². The number of amides is 1. The molecular weight excluding hydrogens is 563 g/mol. The van der Waals surface area contributed by atoms with Gasteiger partial charge in [-0.1, -0.05) is 41.8 Å². The van der Waals surface area contributed by atoms with Crippen molar-refractivity contribution in [3.63, 3.8) is 0 Å². The minimum Gasteiger partial charge on any atom is -0.349 e. The van der Waals surface area contributed by atoms with Gasteiger partial charge < -0.3 is 9.88 Å². The number of halogens is 2. The molecule has 0 saturated carbocycles. The van der Waals surface area contributed by atoms with Crippen molar-refractivity contribution in [3.8, 4) is 28.2 Å². The minimum atomic E-state index is -0.379. The monoisotopic (exact) mass is 588 g/mol. The Hall–Kier alpha value is -4.28. The summed E-state index contributed by atoms with van der Waals surface area (Å²) in [6.45, 7) is 1.92. The molecule has 1 N–H and O–H groups in total. The number of aromatic nitrogens is 7. The molecule has 5 aromatic rings. The summed E-state index contributed by atoms with van der Waals surface area (Å²) in [4.78, 5) is 36.0. The van der Waals surface area contributed by atoms with Crippen molar-refractivity contribution < 1.29 is 4.79 Å². The lowest BCUT2D eigenvalue weighted by atomic mass is 9.97. The Morgan fingerprint density at radius 1 is 1.02 bits per heavy atom. The molecule has 208 valence electrons. The van der Waals surface area contributed by atoms with Gasteiger partial charge in [-0.2, -0.15) is 0 Å². The third-order valence-corrected chi connectivity index (χ3v) is 7.82. The molecule has 4 aromatic heterocycles. The highest BCUT2D eigenvalue weighted by Crippen LogP contribution is 2.34. The second-order valence-corrected chi connectivity index (χ2v) is 11.0. The van der Waals surface area contributed by atoms with Crippen LogP contribution in [0.15, 0.2) is 72.2 Å². The van der Waals surface area contributed by atoms with Crippen molar-refractivity contribution >= 4 is 34.8 Å². The van der Waals surface area contributed by atoms with Crippen molar-refractivity contribution in [2.75, 3.05) is 5.32 Å². The quantitative estimate of drug-likeness (QED) is 0.296. The van der Waals surface area contributed by atoms with Crippen LogP contribution in [0.5, 0.6) is 0 Å². The Morgan fingerprint density at radius 2 is 1.88 bits per heavy atom. The Morgan fingerprint density at radius 3 is 2.66 bits per heavy atom. The van der Waals surface area contributed by atoms with E-state index in [1.165, 1.54) is 10.7 Å². The van der Waals surface area contributed by atoms with Gasteiger partial charge >= 0.3 is 0 Å². The fourth-order valence-electron chi connectivity index (χ4n) is 5.27. The van der Waals surface area contributed by atoms with Crippen LogP contribution in [0.2, 0.25) is 10.2 Å². The maximum Gasteiger partial charge on any atom is 0.254 e. The summed E-state index contributed by atoms with van der Waals surface area (Å²) in [5.41, 5.74) is 4.68. The van der Waals surface area contributed by atoms with Gasteiger partial charge in [0.15, 0.2) is 5.15 Å². The average Bonchev–Trinajstić information content (AvgIpc) is 3.55. The van der Waals surface area contributed by atoms with Gasteiger partial charge in [0.2, 0.25) is 5.91 Å². The normalized spacial score (nSPS) is 17.3. The molecule has 5 heterocycles. The van der Waals surface area contributed by atoms with Gasteiger partial charge in [0.25, 0.3) is 5.56 Å². The van der Waals surface area contributed by atoms with E-state index >= 15 is 0 Å². The summed E-state index contributed by atoms with van der Waals surface area (Å²) in [5, 5.41) is 11.7. The highest BCUT2D eigenvalue weighted by Gasteiger charge is 2.24. The average molecular weight is 589 g/mol. The highest BCUT2D eigenvalue weighted by molar-refractivity contribution is 6.31. The van der Waals surface area contributed by atoms with Crippen molar-refractivity contribution in [1.82, 2.24) is 34.1 Å². The van der Waals surface area contributed by atoms with E-state index in [0.29, 0.717) is 41.2 Å². The summed E-state index contributed by atoms with van der Waals surface area (Å²) in [6, 6.07) is 12.1. The van der Waals surface area contributed by atoms with E-state index in [1.807, 2.05) is 42.9 Å². The standard InChI is InChI=1S/C29H26Cl2N8O2/c1-17-4-3-5-25(23-12-18(8-10-32-23)28-21(34-29(17)41)9-11-37(28)2)38-16-33-22(14-27(38)40)20-13-19(30)6-7-24(20)39-15-26(31)35-36-39/h6-17,25H,3-5H2,1-2H3,(H,34,41)/t17-,25+/m1/s1. The van der Waals surface area contributed by atoms with Crippen molar-refractivity contribution in [3.05, 3.63) is 93.6 Å². The molecule has 12 heteroatoms. The van der Waals surface area contributed by atoms with Crippen LogP contribution in [-0.4, -0.2) is 40.0 Å². The first-order valence-corrected chi connectivity index (χ1v) is 13.9. The number of rotatable bonds is 3. The van der Waals surface area contributed by atoms with Crippen LogP contribution in [0.4, 0.5) is 5.69 Å². The van der Waals surface area contributed by atoms with Gasteiger partial charge in [0, 0.05) is 47.6 Å². The number of nitrogens with zero attached hydrogens (tertiary/aromatic N) is 7. The fourth-order valence-corrected chi connectivity index (χ4v) is 5.57. The van der Waals surface area contributed by atoms with E-state index in [1.54, 1.807) is 41.5 Å². The zero-order valence-corrected chi connectivity index (χ0v) is 23.8. The molecule has 1 aliphatic rings. The van der Waals surface area contributed by atoms with E-state index in [4.69, 9.17) is 23.2 Å². The van der Waals surface area contributed by atoms with E-state index in [-0.39, 0.29) is 28.6 Å². The molecule has 10 nitrogen and oxygen atoms in total. The van der Waals surface area contributed by atoms with Crippen LogP contribution in [0.3, 0.4) is 0 Å². The number of pyridine rings is 1. The van der Waals surface area contributed by atoms with Gasteiger partial charge in [-0.15, -0.1) is 5.10 Å². The van der Waals surface area contributed by atoms with E-state index < -0.39 is 0 Å². The molecule has 2 bridgehead atoms. The predicted octanol–water partition coefficient (Wildman–Crippen LogP) is 5.55. The van der Waals surface area contributed by atoms with Crippen molar-refractivity contribution in [2.45, 2.75) is 32.2 Å². The maximum atomic E-state index is 13.7. The number of anilines is 1. The summed E-state index contributed by atoms with van der Waals surface area (Å²) < 4.78 is 5.08. The molecule has 1 aromatic carbocycles. The summed E-state index contributed by atoms with van der Waals surface area (Å²) >= 11 is 12.3. The molecule has 2 atom stereocenters. The first-order valence-electron chi connectivity index (χ1n) is 13.2. The van der Waals surface area contributed by atoms with Gasteiger partial charge in [-0.05, 0) is 49.2 Å². The Bertz CT molecular complexity index is 1830. The second kappa shape index (κ2) is 10.9. The van der Waals surface area contributed by atoms with Crippen molar-refractivity contribution in [1.29, 1.82) is 0 Å². The summed E-state index contributed by atoms with van der Waals surface area (Å²) in [6.07, 6.45) is 8.75. The number of nitrogens with one attached hydrogen (secondary N) is 1. The van der Waals surface area contributed by atoms with Crippen LogP contribution >= 0.6 is 23.2 Å². The van der Waals surface area contributed by atoms with Crippen LogP contribution < -0.4 is 10.9 Å². The van der Waals surface area contributed by atoms with Crippen LogP contribution in [0.25, 0.3) is 28.2 Å². The molecule has 0 radical (unpaired) electrons. The number of carbonyl (C=O) groups excluding carboxylic acids is 1. The molecule has 1 aliphatic heterocycles. The Kier molecular flexibility index (Phi) is 7.19. The number of carbonyl (C=O) groups is 1. The largest absolute Gasteiger partial charge is 0.349 e. The lowest BCUT2D eigenvalue weighted by Gasteiger charge is -2.22. The van der Waals surface area contributed by atoms with Crippen LogP contribution in [0, 0.1) is 5.92 Å². The molecule has 0 spiro atoms. The second-order valence-electron chi connectivity index (χ2n) is 10.2. The van der Waals surface area contributed by atoms with Crippen LogP contribution in [0.1, 0.15) is 37.9 Å². The van der Waals surface area contributed by atoms with E-state index in [0.717, 1.165) is 22.6 Å². The molecule has 0 fully saturated rings. The molecular formula is C29H26Cl2N8O2. The zero-order valence-electron chi connectivity index (χ0n) is 22.3. The number of hydrogen-bond donors (Lipinski definition) is 1. The number of aryl methyl sites for hydroxylation is 1. The molecule has 6 rings (SSSR count). The van der Waals surface area contributed by atoms with Gasteiger partial charge in [-0.25, -0.2) is 9.67 Å². The van der Waals surface area contributed by atoms with Gasteiger partial charge in [0.05, 0.1) is 47.0 Å². The first kappa shape index (κ1) is 26.9. The third-order valence-electron chi connectivity index (χ3n) is 7.41. The number of hydrogen-bond acceptors (Lipinski definition) is 6. The topological polar surface area (TPSA) is 113 Å². The van der Waals surface area contributed by atoms with E-state index in [2.05, 4.69) is 25.6 Å². The van der Waals surface area contributed by atoms with Crippen molar-refractivity contribution in [2.24, 2.45) is 13.0 Å². The van der Waals surface area contributed by atoms with Gasteiger partial charge in [0.1, 0.15) is 0 Å². The Labute approximate surface area is 245 Å². The number of fused-ring (bicyclic) bond motifs is 4. The first-order chi connectivity index (χ1) is 19.8. The minimum absolute atomic E-state index is 0.0296. The molecule has 1 amide bonds. The number of benzene rings is 1. The highest BCUT2D eigenvalue weighted by atomic mass is 35.5. The van der Waals surface area contributed by atoms with E-state index in [9.17, 15) is 9.59 Å². The zero-order chi connectivity index (χ0) is 28.7. The SMILES string of the molecule is C[C@@H]1CCC[C@H](n2cnc(-c3cc(Cl)ccc3-n3cc(Cl)nn3)cc2=O)c2cc(ccn2)-c2c(ccn2C)NC1=O. The molecule has 0 saturated heterocycles. The summed E-state index contributed by atoms with van der Waals surface area (Å²) in [7, 11) is 1.93. The Balaban J connectivity index is 1.44.